The van der Waals surface area contributed by atoms with Crippen LogP contribution in [0, 0.1) is 31.7 Å². The summed E-state index contributed by atoms with van der Waals surface area (Å²) in [6.07, 6.45) is 6.08. The number of aliphatic hydroxyl groups excluding tert-OH is 1. The number of nitrogens with zero attached hydrogens (tertiary/aromatic N) is 4. The van der Waals surface area contributed by atoms with Gasteiger partial charge in [-0.15, -0.1) is 0 Å². The van der Waals surface area contributed by atoms with Gasteiger partial charge in [0, 0.05) is 59.3 Å². The first-order valence-corrected chi connectivity index (χ1v) is 14.2. The highest BCUT2D eigenvalue weighted by molar-refractivity contribution is 6.04. The number of rotatable bonds is 6. The van der Waals surface area contributed by atoms with Crippen molar-refractivity contribution in [2.75, 3.05) is 16.8 Å². The lowest BCUT2D eigenvalue weighted by atomic mass is 9.68. The van der Waals surface area contributed by atoms with E-state index in [0.29, 0.717) is 11.3 Å². The normalized spacial score (nSPS) is 22.8. The Morgan fingerprint density at radius 1 is 0.818 bits per heavy atom. The van der Waals surface area contributed by atoms with Crippen LogP contribution < -0.4 is 9.80 Å². The Morgan fingerprint density at radius 3 is 1.84 bits per heavy atom. The number of nitro groups is 2. The minimum absolute atomic E-state index is 0.0562. The van der Waals surface area contributed by atoms with E-state index in [9.17, 15) is 30.1 Å². The number of non-ortho nitro benzene ring substituents is 2. The number of benzene rings is 3. The number of carbonyl (C=O) groups is 1. The van der Waals surface area contributed by atoms with E-state index < -0.39 is 31.9 Å². The fourth-order valence-corrected chi connectivity index (χ4v) is 6.77. The highest BCUT2D eigenvalue weighted by atomic mass is 16.6. The Labute approximate surface area is 254 Å². The summed E-state index contributed by atoms with van der Waals surface area (Å²) in [7, 11) is 1.94. The predicted molar refractivity (Wildman–Crippen MR) is 166 cm³/mol. The maximum Gasteiger partial charge on any atom is 0.422 e. The maximum absolute atomic E-state index is 13.5. The number of carbonyl (C=O) groups excluding carboxylic acids is 1. The topological polar surface area (TPSA) is 130 Å². The van der Waals surface area contributed by atoms with Crippen molar-refractivity contribution in [3.63, 3.8) is 0 Å². The van der Waals surface area contributed by atoms with E-state index in [-0.39, 0.29) is 23.7 Å². The number of Topliss-reactive ketones (excluding diaryl/α,β-unsaturated/α-hetero) is 1. The van der Waals surface area contributed by atoms with Gasteiger partial charge in [-0.25, -0.2) is 4.79 Å². The van der Waals surface area contributed by atoms with Gasteiger partial charge in [-0.05, 0) is 41.0 Å². The zero-order valence-electron chi connectivity index (χ0n) is 25.0. The smallest absolute Gasteiger partial charge is 0.422 e. The van der Waals surface area contributed by atoms with Gasteiger partial charge in [-0.2, -0.15) is 0 Å². The molecule has 1 N–H and O–H groups in total. The number of fused-ring (bicyclic) bond motifs is 2. The van der Waals surface area contributed by atoms with Gasteiger partial charge in [-0.3, -0.25) is 20.2 Å². The quantitative estimate of drug-likeness (QED) is 0.188. The van der Waals surface area contributed by atoms with Crippen LogP contribution in [-0.2, 0) is 22.2 Å². The molecular formula is C34H31N4O6+. The lowest BCUT2D eigenvalue weighted by Gasteiger charge is -2.32. The van der Waals surface area contributed by atoms with Gasteiger partial charge in [-0.1, -0.05) is 64.1 Å². The fourth-order valence-electron chi connectivity index (χ4n) is 6.77. The number of hydrogen-bond acceptors (Lipinski definition) is 8. The molecule has 0 amide bonds. The molecule has 0 aromatic heterocycles. The first kappa shape index (κ1) is 28.8. The van der Waals surface area contributed by atoms with Crippen molar-refractivity contribution in [3.8, 4) is 0 Å². The number of ketones is 1. The van der Waals surface area contributed by atoms with Gasteiger partial charge in [0.25, 0.3) is 11.4 Å². The Hall–Kier alpha value is -5.34. The molecule has 6 rings (SSSR count). The molecule has 10 heteroatoms. The fraction of sp³-hybridized carbons (Fsp3) is 0.265. The standard InChI is InChI=1S/C34H30N4O6/c1-32(2)24-10-6-8-12-26(24)35(5)28(32)18-34(30(39)17-31(34)40)19-29-33(3,4)25-11-7-9-13-27(25)36(29)20-21-14-22(37(41)42)16-23(15-21)38(43)44/h6-16,18-19H,20H2,1-5H3/p+1. The van der Waals surface area contributed by atoms with Crippen LogP contribution in [0.5, 0.6) is 0 Å². The molecule has 0 saturated carbocycles. The van der Waals surface area contributed by atoms with Crippen LogP contribution in [0.1, 0.15) is 44.4 Å². The number of aliphatic hydroxyl groups is 1. The second-order valence-corrected chi connectivity index (χ2v) is 12.5. The van der Waals surface area contributed by atoms with Crippen molar-refractivity contribution >= 4 is 28.5 Å². The Bertz CT molecular complexity index is 1840. The van der Waals surface area contributed by atoms with Gasteiger partial charge in [0.2, 0.25) is 5.41 Å². The maximum atomic E-state index is 13.5. The molecule has 2 heterocycles. The molecule has 0 bridgehead atoms. The monoisotopic (exact) mass is 591 g/mol. The molecule has 0 spiro atoms. The third-order valence-electron chi connectivity index (χ3n) is 9.19. The minimum Gasteiger partial charge on any atom is -0.470 e. The number of para-hydroxylation sites is 2. The highest BCUT2D eigenvalue weighted by Crippen LogP contribution is 2.54. The summed E-state index contributed by atoms with van der Waals surface area (Å²) in [6, 6.07) is 19.2. The molecule has 1 atom stereocenters. The summed E-state index contributed by atoms with van der Waals surface area (Å²) in [5, 5.41) is 34.5. The van der Waals surface area contributed by atoms with Gasteiger partial charge in [0.15, 0.2) is 0 Å². The molecule has 44 heavy (non-hydrogen) atoms. The van der Waals surface area contributed by atoms with Crippen LogP contribution in [0.3, 0.4) is 0 Å². The molecule has 0 fully saturated rings. The molecule has 3 aliphatic rings. The molecular weight excluding hydrogens is 560 g/mol. The van der Waals surface area contributed by atoms with E-state index in [0.717, 1.165) is 34.3 Å². The zero-order chi connectivity index (χ0) is 31.8. The third-order valence-corrected chi connectivity index (χ3v) is 9.19. The molecule has 222 valence electrons. The number of anilines is 2. The minimum atomic E-state index is -1.51. The lowest BCUT2D eigenvalue weighted by molar-refractivity contribution is -0.394. The Kier molecular flexibility index (Phi) is 6.27. The molecule has 10 nitrogen and oxygen atoms in total. The molecule has 0 saturated heterocycles. The van der Waals surface area contributed by atoms with Crippen molar-refractivity contribution in [1.82, 2.24) is 0 Å². The summed E-state index contributed by atoms with van der Waals surface area (Å²) in [5.74, 6) is -0.604. The van der Waals surface area contributed by atoms with E-state index >= 15 is 0 Å². The van der Waals surface area contributed by atoms with Crippen LogP contribution >= 0.6 is 0 Å². The van der Waals surface area contributed by atoms with E-state index in [4.69, 9.17) is 0 Å². The number of hydrogen-bond donors (Lipinski definition) is 1. The van der Waals surface area contributed by atoms with Crippen LogP contribution in [0.25, 0.3) is 0 Å². The molecule has 3 aromatic rings. The first-order valence-electron chi connectivity index (χ1n) is 14.2. The van der Waals surface area contributed by atoms with Crippen molar-refractivity contribution < 1.29 is 19.7 Å². The van der Waals surface area contributed by atoms with E-state index in [1.165, 1.54) is 12.1 Å². The van der Waals surface area contributed by atoms with Crippen LogP contribution in [0.15, 0.2) is 96.0 Å². The van der Waals surface area contributed by atoms with Gasteiger partial charge < -0.3 is 14.9 Å². The molecule has 1 aliphatic carbocycles. The van der Waals surface area contributed by atoms with Crippen LogP contribution in [0.4, 0.5) is 22.7 Å². The van der Waals surface area contributed by atoms with Crippen molar-refractivity contribution in [1.29, 1.82) is 0 Å². The summed E-state index contributed by atoms with van der Waals surface area (Å²) in [4.78, 5) is 39.5. The summed E-state index contributed by atoms with van der Waals surface area (Å²) >= 11 is 0. The summed E-state index contributed by atoms with van der Waals surface area (Å²) in [5.41, 5.74) is 2.30. The lowest BCUT2D eigenvalue weighted by Crippen LogP contribution is -2.41. The number of likely N-dealkylation sites (N-methyl/N-ethyl adjacent to an activating group) is 1. The van der Waals surface area contributed by atoms with E-state index in [2.05, 4.69) is 26.0 Å². The van der Waals surface area contributed by atoms with Gasteiger partial charge in [0.05, 0.1) is 15.9 Å². The molecule has 2 aliphatic heterocycles. The number of nitro benzene ring substituents is 2. The van der Waals surface area contributed by atoms with Crippen molar-refractivity contribution in [2.45, 2.75) is 45.1 Å². The third kappa shape index (κ3) is 4.10. The predicted octanol–water partition coefficient (Wildman–Crippen LogP) is 6.81. The van der Waals surface area contributed by atoms with Gasteiger partial charge in [0.1, 0.15) is 0 Å². The summed E-state index contributed by atoms with van der Waals surface area (Å²) in [6.45, 7) is 8.21. The van der Waals surface area contributed by atoms with Crippen molar-refractivity contribution in [3.05, 3.63) is 139 Å². The summed E-state index contributed by atoms with van der Waals surface area (Å²) < 4.78 is 0. The van der Waals surface area contributed by atoms with Crippen molar-refractivity contribution in [2.24, 2.45) is 5.41 Å². The largest absolute Gasteiger partial charge is 0.470 e. The second-order valence-electron chi connectivity index (χ2n) is 12.5. The SMILES string of the molecule is CN1C(=CC2(C=C3N(Cc4cc([N+](=O)[O-])cc([N+](=O)[O-])c4)c4ccccc4C3(C)C)C(=O)[C+]=C2O)C(C)(C)c2ccccc21. The van der Waals surface area contributed by atoms with Crippen LogP contribution in [0.2, 0.25) is 0 Å². The number of allylic oxidation sites excluding steroid dienone is 4. The zero-order valence-corrected chi connectivity index (χ0v) is 25.0. The average molecular weight is 592 g/mol. The highest BCUT2D eigenvalue weighted by Gasteiger charge is 2.64. The second kappa shape index (κ2) is 9.59. The Balaban J connectivity index is 1.53. The first-order chi connectivity index (χ1) is 20.7. The van der Waals surface area contributed by atoms with Gasteiger partial charge >= 0.3 is 17.6 Å². The van der Waals surface area contributed by atoms with E-state index in [1.807, 2.05) is 79.2 Å². The Morgan fingerprint density at radius 2 is 1.32 bits per heavy atom. The van der Waals surface area contributed by atoms with E-state index in [1.54, 1.807) is 6.08 Å². The molecule has 3 aromatic carbocycles. The average Bonchev–Trinajstić information content (AvgIpc) is 3.31. The van der Waals surface area contributed by atoms with Crippen LogP contribution in [-0.4, -0.2) is 27.8 Å². The molecule has 1 unspecified atom stereocenters. The molecule has 0 radical (unpaired) electrons.